The number of H-pyrrole nitrogens is 1. The van der Waals surface area contributed by atoms with Gasteiger partial charge in [-0.15, -0.1) is 0 Å². The molecule has 0 spiro atoms. The van der Waals surface area contributed by atoms with Crippen LogP contribution in [0.4, 0.5) is 0 Å². The molecule has 6 nitrogen and oxygen atoms in total. The van der Waals surface area contributed by atoms with Gasteiger partial charge in [0.1, 0.15) is 12.2 Å². The van der Waals surface area contributed by atoms with E-state index in [0.717, 1.165) is 25.8 Å². The van der Waals surface area contributed by atoms with E-state index in [9.17, 15) is 4.79 Å². The van der Waals surface area contributed by atoms with Gasteiger partial charge in [-0.25, -0.2) is 4.98 Å². The molecule has 0 bridgehead atoms. The number of aromatic amines is 1. The highest BCUT2D eigenvalue weighted by Gasteiger charge is 2.33. The SMILES string of the molecule is CC1(C(=O)NCc2ncn[nH]2)CCCCN1. The lowest BCUT2D eigenvalue weighted by molar-refractivity contribution is -0.128. The number of piperidine rings is 1. The first-order valence-electron chi connectivity index (χ1n) is 5.58. The Hall–Kier alpha value is -1.43. The molecule has 1 aliphatic rings. The molecule has 0 radical (unpaired) electrons. The molecule has 0 saturated carbocycles. The van der Waals surface area contributed by atoms with Gasteiger partial charge >= 0.3 is 0 Å². The molecule has 16 heavy (non-hydrogen) atoms. The average molecular weight is 223 g/mol. The van der Waals surface area contributed by atoms with E-state index in [4.69, 9.17) is 0 Å². The minimum absolute atomic E-state index is 0.0311. The molecule has 1 atom stereocenters. The van der Waals surface area contributed by atoms with Crippen molar-refractivity contribution in [3.8, 4) is 0 Å². The third kappa shape index (κ3) is 2.38. The van der Waals surface area contributed by atoms with Crippen molar-refractivity contribution < 1.29 is 4.79 Å². The van der Waals surface area contributed by atoms with Gasteiger partial charge in [-0.2, -0.15) is 5.10 Å². The standard InChI is InChI=1S/C10H17N5O/c1-10(4-2-3-5-13-10)9(16)11-6-8-12-7-14-15-8/h7,13H,2-6H2,1H3,(H,11,16)(H,12,14,15). The van der Waals surface area contributed by atoms with Gasteiger partial charge in [0.15, 0.2) is 0 Å². The molecule has 1 unspecified atom stereocenters. The van der Waals surface area contributed by atoms with Gasteiger partial charge in [0.25, 0.3) is 0 Å². The summed E-state index contributed by atoms with van der Waals surface area (Å²) in [6, 6.07) is 0. The molecule has 2 heterocycles. The second kappa shape index (κ2) is 4.61. The number of carbonyl (C=O) groups excluding carboxylic acids is 1. The van der Waals surface area contributed by atoms with Crippen molar-refractivity contribution in [2.45, 2.75) is 38.3 Å². The summed E-state index contributed by atoms with van der Waals surface area (Å²) in [5, 5.41) is 12.6. The van der Waals surface area contributed by atoms with E-state index in [1.165, 1.54) is 6.33 Å². The largest absolute Gasteiger partial charge is 0.347 e. The Morgan fingerprint density at radius 1 is 1.62 bits per heavy atom. The Morgan fingerprint density at radius 2 is 2.50 bits per heavy atom. The van der Waals surface area contributed by atoms with Crippen LogP contribution >= 0.6 is 0 Å². The lowest BCUT2D eigenvalue weighted by Crippen LogP contribution is -2.56. The molecule has 88 valence electrons. The fourth-order valence-corrected chi connectivity index (χ4v) is 1.93. The molecule has 1 aliphatic heterocycles. The molecule has 1 saturated heterocycles. The van der Waals surface area contributed by atoms with E-state index in [0.29, 0.717) is 12.4 Å². The quantitative estimate of drug-likeness (QED) is 0.671. The summed E-state index contributed by atoms with van der Waals surface area (Å²) in [4.78, 5) is 15.9. The van der Waals surface area contributed by atoms with Crippen molar-refractivity contribution in [1.29, 1.82) is 0 Å². The number of amides is 1. The second-order valence-electron chi connectivity index (χ2n) is 4.33. The summed E-state index contributed by atoms with van der Waals surface area (Å²) >= 11 is 0. The predicted molar refractivity (Wildman–Crippen MR) is 58.5 cm³/mol. The number of hydrogen-bond donors (Lipinski definition) is 3. The number of aromatic nitrogens is 3. The zero-order valence-electron chi connectivity index (χ0n) is 9.42. The van der Waals surface area contributed by atoms with Crippen LogP contribution in [0.25, 0.3) is 0 Å². The van der Waals surface area contributed by atoms with Gasteiger partial charge < -0.3 is 10.6 Å². The predicted octanol–water partition coefficient (Wildman–Crippen LogP) is -0.0469. The fourth-order valence-electron chi connectivity index (χ4n) is 1.93. The summed E-state index contributed by atoms with van der Waals surface area (Å²) < 4.78 is 0. The van der Waals surface area contributed by atoms with Gasteiger partial charge in [-0.05, 0) is 32.7 Å². The minimum atomic E-state index is -0.432. The topological polar surface area (TPSA) is 82.7 Å². The van der Waals surface area contributed by atoms with E-state index in [-0.39, 0.29) is 5.91 Å². The number of hydrogen-bond acceptors (Lipinski definition) is 4. The Labute approximate surface area is 94.2 Å². The van der Waals surface area contributed by atoms with E-state index < -0.39 is 5.54 Å². The van der Waals surface area contributed by atoms with Gasteiger partial charge in [0, 0.05) is 0 Å². The van der Waals surface area contributed by atoms with Gasteiger partial charge in [0.2, 0.25) is 5.91 Å². The molecular formula is C10H17N5O. The first-order chi connectivity index (χ1) is 7.71. The smallest absolute Gasteiger partial charge is 0.240 e. The molecule has 0 aromatic carbocycles. The van der Waals surface area contributed by atoms with Crippen molar-refractivity contribution in [3.05, 3.63) is 12.2 Å². The highest BCUT2D eigenvalue weighted by Crippen LogP contribution is 2.18. The molecule has 1 fully saturated rings. The van der Waals surface area contributed by atoms with Crippen LogP contribution in [0.3, 0.4) is 0 Å². The van der Waals surface area contributed by atoms with Crippen molar-refractivity contribution in [2.75, 3.05) is 6.54 Å². The second-order valence-corrected chi connectivity index (χ2v) is 4.33. The summed E-state index contributed by atoms with van der Waals surface area (Å²) in [7, 11) is 0. The minimum Gasteiger partial charge on any atom is -0.347 e. The lowest BCUT2D eigenvalue weighted by atomic mass is 9.90. The molecule has 0 aliphatic carbocycles. The summed E-state index contributed by atoms with van der Waals surface area (Å²) in [5.41, 5.74) is -0.432. The van der Waals surface area contributed by atoms with Crippen molar-refractivity contribution in [3.63, 3.8) is 0 Å². The number of carbonyl (C=O) groups is 1. The highest BCUT2D eigenvalue weighted by molar-refractivity contribution is 5.85. The Kier molecular flexibility index (Phi) is 3.19. The van der Waals surface area contributed by atoms with Crippen LogP contribution in [0.1, 0.15) is 32.0 Å². The van der Waals surface area contributed by atoms with Crippen LogP contribution < -0.4 is 10.6 Å². The number of rotatable bonds is 3. The Morgan fingerprint density at radius 3 is 3.12 bits per heavy atom. The normalized spacial score (nSPS) is 25.3. The first kappa shape index (κ1) is 11.1. The van der Waals surface area contributed by atoms with Crippen LogP contribution in [0, 0.1) is 0 Å². The van der Waals surface area contributed by atoms with Gasteiger partial charge in [-0.3, -0.25) is 9.89 Å². The van der Waals surface area contributed by atoms with Gasteiger partial charge in [-0.1, -0.05) is 0 Å². The van der Waals surface area contributed by atoms with E-state index in [1.807, 2.05) is 6.92 Å². The number of nitrogens with zero attached hydrogens (tertiary/aromatic N) is 2. The molecule has 6 heteroatoms. The highest BCUT2D eigenvalue weighted by atomic mass is 16.2. The third-order valence-electron chi connectivity index (χ3n) is 3.00. The zero-order chi connectivity index (χ0) is 11.4. The van der Waals surface area contributed by atoms with Crippen molar-refractivity contribution in [1.82, 2.24) is 25.8 Å². The number of nitrogens with one attached hydrogen (secondary N) is 3. The fraction of sp³-hybridized carbons (Fsp3) is 0.700. The van der Waals surface area contributed by atoms with Crippen LogP contribution in [-0.2, 0) is 11.3 Å². The molecule has 3 N–H and O–H groups in total. The van der Waals surface area contributed by atoms with Crippen molar-refractivity contribution >= 4 is 5.91 Å². The lowest BCUT2D eigenvalue weighted by Gasteiger charge is -2.33. The molecular weight excluding hydrogens is 206 g/mol. The third-order valence-corrected chi connectivity index (χ3v) is 3.00. The Bertz CT molecular complexity index is 342. The monoisotopic (exact) mass is 223 g/mol. The summed E-state index contributed by atoms with van der Waals surface area (Å²) in [6.45, 7) is 3.25. The van der Waals surface area contributed by atoms with Gasteiger partial charge in [0.05, 0.1) is 12.1 Å². The maximum Gasteiger partial charge on any atom is 0.240 e. The maximum atomic E-state index is 12.0. The molecule has 1 amide bonds. The van der Waals surface area contributed by atoms with Crippen LogP contribution in [0.2, 0.25) is 0 Å². The molecule has 1 aromatic rings. The molecule has 2 rings (SSSR count). The van der Waals surface area contributed by atoms with E-state index in [1.54, 1.807) is 0 Å². The first-order valence-corrected chi connectivity index (χ1v) is 5.58. The Balaban J connectivity index is 1.87. The molecule has 1 aromatic heterocycles. The summed E-state index contributed by atoms with van der Waals surface area (Å²) in [6.07, 6.45) is 4.56. The van der Waals surface area contributed by atoms with E-state index >= 15 is 0 Å². The van der Waals surface area contributed by atoms with Crippen LogP contribution in [0.15, 0.2) is 6.33 Å². The summed E-state index contributed by atoms with van der Waals surface area (Å²) in [5.74, 6) is 0.705. The zero-order valence-corrected chi connectivity index (χ0v) is 9.42. The van der Waals surface area contributed by atoms with Crippen LogP contribution in [-0.4, -0.2) is 33.2 Å². The van der Waals surface area contributed by atoms with Crippen LogP contribution in [0.5, 0.6) is 0 Å². The van der Waals surface area contributed by atoms with Crippen molar-refractivity contribution in [2.24, 2.45) is 0 Å². The maximum absolute atomic E-state index is 12.0. The average Bonchev–Trinajstić information content (AvgIpc) is 2.79. The van der Waals surface area contributed by atoms with E-state index in [2.05, 4.69) is 25.8 Å².